The van der Waals surface area contributed by atoms with Gasteiger partial charge in [0.1, 0.15) is 5.75 Å². The van der Waals surface area contributed by atoms with Crippen molar-refractivity contribution in [2.45, 2.75) is 13.1 Å². The van der Waals surface area contributed by atoms with E-state index in [4.69, 9.17) is 9.47 Å². The van der Waals surface area contributed by atoms with Gasteiger partial charge in [0.05, 0.1) is 19.8 Å². The quantitative estimate of drug-likeness (QED) is 0.807. The number of ether oxygens (including phenoxy) is 2. The smallest absolute Gasteiger partial charge is 0.119 e. The molecule has 2 aliphatic rings. The summed E-state index contributed by atoms with van der Waals surface area (Å²) in [5.74, 6) is 1.58. The highest BCUT2D eigenvalue weighted by Crippen LogP contribution is 2.22. The third-order valence-corrected chi connectivity index (χ3v) is 3.00. The molecule has 1 fully saturated rings. The lowest BCUT2D eigenvalue weighted by atomic mass is 10.1. The van der Waals surface area contributed by atoms with Gasteiger partial charge in [0.15, 0.2) is 0 Å². The van der Waals surface area contributed by atoms with Crippen LogP contribution in [0.2, 0.25) is 0 Å². The molecule has 0 aliphatic carbocycles. The second kappa shape index (κ2) is 3.83. The highest BCUT2D eigenvalue weighted by Gasteiger charge is 2.19. The number of hydrogen-bond acceptors (Lipinski definition) is 3. The van der Waals surface area contributed by atoms with E-state index >= 15 is 0 Å². The van der Waals surface area contributed by atoms with E-state index in [0.29, 0.717) is 5.92 Å². The minimum absolute atomic E-state index is 0.594. The third kappa shape index (κ3) is 1.85. The molecule has 0 amide bonds. The van der Waals surface area contributed by atoms with Crippen LogP contribution in [0, 0.1) is 5.92 Å². The van der Waals surface area contributed by atoms with Crippen LogP contribution in [0.5, 0.6) is 5.75 Å². The predicted octanol–water partition coefficient (Wildman–Crippen LogP) is 1.31. The summed E-state index contributed by atoms with van der Waals surface area (Å²) in [7, 11) is 0. The van der Waals surface area contributed by atoms with Gasteiger partial charge in [-0.2, -0.15) is 0 Å². The second-order valence-corrected chi connectivity index (χ2v) is 4.25. The Morgan fingerprint density at radius 2 is 2.13 bits per heavy atom. The minimum Gasteiger partial charge on any atom is -0.493 e. The van der Waals surface area contributed by atoms with Gasteiger partial charge in [-0.25, -0.2) is 0 Å². The molecule has 1 saturated heterocycles. The summed E-state index contributed by atoms with van der Waals surface area (Å²) in [5.41, 5.74) is 2.77. The highest BCUT2D eigenvalue weighted by molar-refractivity contribution is 5.37. The molecule has 1 aromatic rings. The topological polar surface area (TPSA) is 30.5 Å². The van der Waals surface area contributed by atoms with Gasteiger partial charge in [-0.1, -0.05) is 6.07 Å². The Bertz CT molecular complexity index is 361. The zero-order valence-electron chi connectivity index (χ0n) is 8.66. The standard InChI is InChI=1S/C12H15NO2/c1-2-12(15-8-9-6-14-7-9)3-11-5-13-4-10(1)11/h1-3,9,13H,4-8H2. The zero-order chi connectivity index (χ0) is 10.1. The summed E-state index contributed by atoms with van der Waals surface area (Å²) in [6.07, 6.45) is 0. The molecule has 0 unspecified atom stereocenters. The van der Waals surface area contributed by atoms with Gasteiger partial charge in [-0.3, -0.25) is 0 Å². The Hall–Kier alpha value is -1.06. The number of hydrogen-bond donors (Lipinski definition) is 1. The first-order valence-electron chi connectivity index (χ1n) is 5.45. The summed E-state index contributed by atoms with van der Waals surface area (Å²) < 4.78 is 10.8. The monoisotopic (exact) mass is 205 g/mol. The van der Waals surface area contributed by atoms with E-state index in [2.05, 4.69) is 23.5 Å². The third-order valence-electron chi connectivity index (χ3n) is 3.00. The van der Waals surface area contributed by atoms with Crippen molar-refractivity contribution in [3.05, 3.63) is 29.3 Å². The maximum absolute atomic E-state index is 5.73. The van der Waals surface area contributed by atoms with Crippen LogP contribution in [-0.2, 0) is 17.8 Å². The molecular weight excluding hydrogens is 190 g/mol. The van der Waals surface area contributed by atoms with Crippen molar-refractivity contribution >= 4 is 0 Å². The summed E-state index contributed by atoms with van der Waals surface area (Å²) >= 11 is 0. The van der Waals surface area contributed by atoms with Gasteiger partial charge in [0.25, 0.3) is 0 Å². The van der Waals surface area contributed by atoms with Gasteiger partial charge in [0.2, 0.25) is 0 Å². The Kier molecular flexibility index (Phi) is 2.35. The molecule has 0 bridgehead atoms. The normalized spacial score (nSPS) is 19.7. The van der Waals surface area contributed by atoms with Crippen molar-refractivity contribution in [1.29, 1.82) is 0 Å². The fourth-order valence-corrected chi connectivity index (χ4v) is 1.96. The number of rotatable bonds is 3. The van der Waals surface area contributed by atoms with Gasteiger partial charge in [-0.15, -0.1) is 0 Å². The predicted molar refractivity (Wildman–Crippen MR) is 56.8 cm³/mol. The van der Waals surface area contributed by atoms with Crippen LogP contribution in [-0.4, -0.2) is 19.8 Å². The number of fused-ring (bicyclic) bond motifs is 1. The SMILES string of the molecule is c1cc2c(cc1OCC1COC1)CNC2. The average molecular weight is 205 g/mol. The van der Waals surface area contributed by atoms with Gasteiger partial charge in [0, 0.05) is 19.0 Å². The summed E-state index contributed by atoms with van der Waals surface area (Å²) in [5, 5.41) is 3.33. The molecule has 0 radical (unpaired) electrons. The Morgan fingerprint density at radius 1 is 1.27 bits per heavy atom. The van der Waals surface area contributed by atoms with Crippen molar-refractivity contribution in [2.24, 2.45) is 5.92 Å². The van der Waals surface area contributed by atoms with Crippen LogP contribution in [0.15, 0.2) is 18.2 Å². The lowest BCUT2D eigenvalue weighted by Crippen LogP contribution is -2.32. The van der Waals surface area contributed by atoms with Crippen LogP contribution >= 0.6 is 0 Å². The van der Waals surface area contributed by atoms with Crippen molar-refractivity contribution in [3.63, 3.8) is 0 Å². The molecule has 3 heteroatoms. The molecule has 2 aliphatic heterocycles. The van der Waals surface area contributed by atoms with Crippen LogP contribution in [0.4, 0.5) is 0 Å². The Morgan fingerprint density at radius 3 is 2.93 bits per heavy atom. The van der Waals surface area contributed by atoms with E-state index in [-0.39, 0.29) is 0 Å². The van der Waals surface area contributed by atoms with Crippen LogP contribution < -0.4 is 10.1 Å². The molecule has 3 nitrogen and oxygen atoms in total. The Balaban J connectivity index is 1.64. The maximum Gasteiger partial charge on any atom is 0.119 e. The Labute approximate surface area is 89.4 Å². The molecule has 0 aromatic heterocycles. The van der Waals surface area contributed by atoms with Crippen molar-refractivity contribution < 1.29 is 9.47 Å². The fourth-order valence-electron chi connectivity index (χ4n) is 1.96. The molecule has 80 valence electrons. The average Bonchev–Trinajstić information content (AvgIpc) is 2.62. The molecular formula is C12H15NO2. The van der Waals surface area contributed by atoms with Gasteiger partial charge in [-0.05, 0) is 23.3 Å². The summed E-state index contributed by atoms with van der Waals surface area (Å²) in [6.45, 7) is 4.45. The molecule has 1 N–H and O–H groups in total. The van der Waals surface area contributed by atoms with E-state index in [0.717, 1.165) is 38.7 Å². The first-order chi connectivity index (χ1) is 7.42. The van der Waals surface area contributed by atoms with E-state index in [1.165, 1.54) is 11.1 Å². The molecule has 15 heavy (non-hydrogen) atoms. The maximum atomic E-state index is 5.73. The lowest BCUT2D eigenvalue weighted by Gasteiger charge is -2.25. The zero-order valence-corrected chi connectivity index (χ0v) is 8.66. The largest absolute Gasteiger partial charge is 0.493 e. The van der Waals surface area contributed by atoms with Gasteiger partial charge < -0.3 is 14.8 Å². The summed E-state index contributed by atoms with van der Waals surface area (Å²) in [4.78, 5) is 0. The fraction of sp³-hybridized carbons (Fsp3) is 0.500. The summed E-state index contributed by atoms with van der Waals surface area (Å²) in [6, 6.07) is 6.36. The lowest BCUT2D eigenvalue weighted by molar-refractivity contribution is -0.0508. The van der Waals surface area contributed by atoms with Crippen LogP contribution in [0.3, 0.4) is 0 Å². The van der Waals surface area contributed by atoms with Crippen molar-refractivity contribution in [2.75, 3.05) is 19.8 Å². The number of nitrogens with one attached hydrogen (secondary N) is 1. The molecule has 0 atom stereocenters. The minimum atomic E-state index is 0.594. The van der Waals surface area contributed by atoms with Gasteiger partial charge >= 0.3 is 0 Å². The van der Waals surface area contributed by atoms with E-state index in [1.807, 2.05) is 0 Å². The van der Waals surface area contributed by atoms with Crippen LogP contribution in [0.1, 0.15) is 11.1 Å². The molecule has 3 rings (SSSR count). The number of benzene rings is 1. The van der Waals surface area contributed by atoms with E-state index in [9.17, 15) is 0 Å². The second-order valence-electron chi connectivity index (χ2n) is 4.25. The molecule has 0 spiro atoms. The first-order valence-corrected chi connectivity index (χ1v) is 5.45. The first kappa shape index (κ1) is 9.19. The molecule has 1 aromatic carbocycles. The van der Waals surface area contributed by atoms with E-state index in [1.54, 1.807) is 0 Å². The highest BCUT2D eigenvalue weighted by atomic mass is 16.5. The molecule has 2 heterocycles. The van der Waals surface area contributed by atoms with E-state index < -0.39 is 0 Å². The van der Waals surface area contributed by atoms with Crippen LogP contribution in [0.25, 0.3) is 0 Å². The van der Waals surface area contributed by atoms with Crippen molar-refractivity contribution in [3.8, 4) is 5.75 Å². The molecule has 0 saturated carbocycles. The van der Waals surface area contributed by atoms with Crippen molar-refractivity contribution in [1.82, 2.24) is 5.32 Å².